The zero-order chi connectivity index (χ0) is 33.1. The fourth-order valence-electron chi connectivity index (χ4n) is 5.13. The molecule has 0 saturated carbocycles. The van der Waals surface area contributed by atoms with Crippen LogP contribution in [0.25, 0.3) is 0 Å². The standard InChI is InChI=1S/C32H61N5O5/c1-15-17-24(30(40)34(11)23(9)10)33-29(39)25(18-20(3)4)36(13)32(42)28(22(7)8)37(14)31(41)26(19-21(5)6)35(12)27(38)16-2/h20-26,28H,15-19H2,1-14H3,(H,33,39). The van der Waals surface area contributed by atoms with Crippen LogP contribution in [0.1, 0.15) is 101 Å². The molecule has 0 aliphatic carbocycles. The van der Waals surface area contributed by atoms with Gasteiger partial charge in [-0.3, -0.25) is 24.0 Å². The third kappa shape index (κ3) is 11.2. The number of nitrogens with zero attached hydrogens (tertiary/aromatic N) is 4. The van der Waals surface area contributed by atoms with Gasteiger partial charge in [-0.2, -0.15) is 0 Å². The Morgan fingerprint density at radius 3 is 1.52 bits per heavy atom. The van der Waals surface area contributed by atoms with Gasteiger partial charge in [-0.25, -0.2) is 0 Å². The van der Waals surface area contributed by atoms with E-state index in [0.717, 1.165) is 0 Å². The highest BCUT2D eigenvalue weighted by atomic mass is 16.2. The number of rotatable bonds is 17. The second-order valence-electron chi connectivity index (χ2n) is 13.1. The number of likely N-dealkylation sites (N-methyl/N-ethyl adjacent to an activating group) is 4. The van der Waals surface area contributed by atoms with Crippen molar-refractivity contribution in [3.05, 3.63) is 0 Å². The van der Waals surface area contributed by atoms with Gasteiger partial charge in [-0.1, -0.05) is 61.8 Å². The van der Waals surface area contributed by atoms with E-state index in [1.165, 1.54) is 14.7 Å². The maximum atomic E-state index is 14.1. The molecule has 0 heterocycles. The lowest BCUT2D eigenvalue weighted by Crippen LogP contribution is -2.60. The van der Waals surface area contributed by atoms with Crippen LogP contribution in [0, 0.1) is 17.8 Å². The quantitative estimate of drug-likeness (QED) is 0.275. The Bertz CT molecular complexity index is 904. The van der Waals surface area contributed by atoms with E-state index in [9.17, 15) is 24.0 Å². The predicted molar refractivity (Wildman–Crippen MR) is 168 cm³/mol. The van der Waals surface area contributed by atoms with Gasteiger partial charge in [0, 0.05) is 40.7 Å². The minimum absolute atomic E-state index is 0.0180. The Morgan fingerprint density at radius 2 is 1.12 bits per heavy atom. The molecular formula is C32H61N5O5. The summed E-state index contributed by atoms with van der Waals surface area (Å²) in [6, 6.07) is -3.08. The minimum Gasteiger partial charge on any atom is -0.343 e. The van der Waals surface area contributed by atoms with E-state index in [1.807, 2.05) is 62.3 Å². The second-order valence-corrected chi connectivity index (χ2v) is 13.1. The van der Waals surface area contributed by atoms with Gasteiger partial charge < -0.3 is 24.9 Å². The number of amides is 5. The van der Waals surface area contributed by atoms with E-state index >= 15 is 0 Å². The average molecular weight is 596 g/mol. The van der Waals surface area contributed by atoms with Gasteiger partial charge in [0.25, 0.3) is 0 Å². The van der Waals surface area contributed by atoms with E-state index in [1.54, 1.807) is 40.0 Å². The Morgan fingerprint density at radius 1 is 0.619 bits per heavy atom. The van der Waals surface area contributed by atoms with Crippen molar-refractivity contribution in [3.63, 3.8) is 0 Å². The fourth-order valence-corrected chi connectivity index (χ4v) is 5.13. The van der Waals surface area contributed by atoms with E-state index < -0.39 is 24.2 Å². The van der Waals surface area contributed by atoms with Gasteiger partial charge in [0.1, 0.15) is 24.2 Å². The molecule has 0 aromatic carbocycles. The third-order valence-corrected chi connectivity index (χ3v) is 7.92. The minimum atomic E-state index is -0.843. The molecule has 0 saturated heterocycles. The highest BCUT2D eigenvalue weighted by molar-refractivity contribution is 5.95. The summed E-state index contributed by atoms with van der Waals surface area (Å²) in [6.45, 7) is 19.2. The monoisotopic (exact) mass is 595 g/mol. The first-order chi connectivity index (χ1) is 19.3. The number of hydrogen-bond acceptors (Lipinski definition) is 5. The Balaban J connectivity index is 6.33. The molecule has 244 valence electrons. The third-order valence-electron chi connectivity index (χ3n) is 7.92. The molecule has 0 aliphatic heterocycles. The van der Waals surface area contributed by atoms with Crippen LogP contribution in [-0.2, 0) is 24.0 Å². The lowest BCUT2D eigenvalue weighted by molar-refractivity contribution is -0.153. The van der Waals surface area contributed by atoms with Crippen molar-refractivity contribution >= 4 is 29.5 Å². The molecule has 0 bridgehead atoms. The van der Waals surface area contributed by atoms with Gasteiger partial charge in [0.05, 0.1) is 0 Å². The van der Waals surface area contributed by atoms with Crippen molar-refractivity contribution in [1.82, 2.24) is 24.9 Å². The van der Waals surface area contributed by atoms with Crippen LogP contribution < -0.4 is 5.32 Å². The smallest absolute Gasteiger partial charge is 0.246 e. The van der Waals surface area contributed by atoms with Crippen molar-refractivity contribution in [2.45, 2.75) is 132 Å². The van der Waals surface area contributed by atoms with Crippen LogP contribution in [-0.4, -0.2) is 108 Å². The topological polar surface area (TPSA) is 110 Å². The lowest BCUT2D eigenvalue weighted by atomic mass is 9.95. The first-order valence-electron chi connectivity index (χ1n) is 15.7. The second kappa shape index (κ2) is 18.1. The molecule has 0 aromatic rings. The summed E-state index contributed by atoms with van der Waals surface area (Å²) in [5, 5.41) is 2.94. The van der Waals surface area contributed by atoms with E-state index in [-0.39, 0.29) is 59.8 Å². The van der Waals surface area contributed by atoms with E-state index in [2.05, 4.69) is 5.32 Å². The number of hydrogen-bond donors (Lipinski definition) is 1. The molecule has 0 aromatic heterocycles. The number of carbonyl (C=O) groups is 5. The van der Waals surface area contributed by atoms with Crippen molar-refractivity contribution in [2.24, 2.45) is 17.8 Å². The van der Waals surface area contributed by atoms with Crippen LogP contribution in [0.5, 0.6) is 0 Å². The first kappa shape index (κ1) is 39.4. The zero-order valence-corrected chi connectivity index (χ0v) is 29.0. The molecule has 4 unspecified atom stereocenters. The summed E-state index contributed by atoms with van der Waals surface area (Å²) >= 11 is 0. The molecule has 0 radical (unpaired) electrons. The zero-order valence-electron chi connectivity index (χ0n) is 29.0. The van der Waals surface area contributed by atoms with Crippen molar-refractivity contribution < 1.29 is 24.0 Å². The predicted octanol–water partition coefficient (Wildman–Crippen LogP) is 3.78. The van der Waals surface area contributed by atoms with Crippen molar-refractivity contribution in [1.29, 1.82) is 0 Å². The maximum absolute atomic E-state index is 14.1. The molecule has 0 rings (SSSR count). The fraction of sp³-hybridized carbons (Fsp3) is 0.844. The summed E-state index contributed by atoms with van der Waals surface area (Å²) in [5.74, 6) is -1.34. The Labute approximate surface area is 255 Å². The summed E-state index contributed by atoms with van der Waals surface area (Å²) in [7, 11) is 6.56. The maximum Gasteiger partial charge on any atom is 0.246 e. The van der Waals surface area contributed by atoms with Gasteiger partial charge in [0.2, 0.25) is 29.5 Å². The molecule has 10 heteroatoms. The SMILES string of the molecule is CCCC(NC(=O)C(CC(C)C)N(C)C(=O)C(C(C)C)N(C)C(=O)C(CC(C)C)N(C)C(=O)CC)C(=O)N(C)C(C)C. The molecule has 10 nitrogen and oxygen atoms in total. The van der Waals surface area contributed by atoms with Crippen LogP contribution in [0.4, 0.5) is 0 Å². The van der Waals surface area contributed by atoms with Crippen LogP contribution in [0.2, 0.25) is 0 Å². The molecular weight excluding hydrogens is 534 g/mol. The summed E-state index contributed by atoms with van der Waals surface area (Å²) in [5.41, 5.74) is 0. The highest BCUT2D eigenvalue weighted by Gasteiger charge is 2.40. The average Bonchev–Trinajstić information content (AvgIpc) is 2.91. The number of carbonyl (C=O) groups excluding carboxylic acids is 5. The molecule has 0 spiro atoms. The largest absolute Gasteiger partial charge is 0.343 e. The highest BCUT2D eigenvalue weighted by Crippen LogP contribution is 2.21. The van der Waals surface area contributed by atoms with Crippen LogP contribution in [0.15, 0.2) is 0 Å². The van der Waals surface area contributed by atoms with Crippen LogP contribution in [0.3, 0.4) is 0 Å². The summed E-state index contributed by atoms with van der Waals surface area (Å²) < 4.78 is 0. The summed E-state index contributed by atoms with van der Waals surface area (Å²) in [6.07, 6.45) is 2.34. The lowest BCUT2D eigenvalue weighted by Gasteiger charge is -2.39. The van der Waals surface area contributed by atoms with E-state index in [4.69, 9.17) is 0 Å². The van der Waals surface area contributed by atoms with Crippen molar-refractivity contribution in [2.75, 3.05) is 28.2 Å². The molecule has 42 heavy (non-hydrogen) atoms. The van der Waals surface area contributed by atoms with Crippen molar-refractivity contribution in [3.8, 4) is 0 Å². The Kier molecular flexibility index (Phi) is 17.0. The van der Waals surface area contributed by atoms with E-state index in [0.29, 0.717) is 25.7 Å². The van der Waals surface area contributed by atoms with Gasteiger partial charge in [-0.15, -0.1) is 0 Å². The summed E-state index contributed by atoms with van der Waals surface area (Å²) in [4.78, 5) is 73.3. The molecule has 0 aliphatic rings. The normalized spacial score (nSPS) is 14.4. The van der Waals surface area contributed by atoms with Gasteiger partial charge in [0.15, 0.2) is 0 Å². The first-order valence-corrected chi connectivity index (χ1v) is 15.7. The Hall–Kier alpha value is -2.65. The van der Waals surface area contributed by atoms with Gasteiger partial charge in [-0.05, 0) is 50.9 Å². The molecule has 4 atom stereocenters. The molecule has 0 fully saturated rings. The van der Waals surface area contributed by atoms with Gasteiger partial charge >= 0.3 is 0 Å². The molecule has 5 amide bonds. The number of nitrogens with one attached hydrogen (secondary N) is 1. The molecule has 1 N–H and O–H groups in total. The van der Waals surface area contributed by atoms with Crippen LogP contribution >= 0.6 is 0 Å².